The van der Waals surface area contributed by atoms with Gasteiger partial charge in [-0.3, -0.25) is 4.79 Å². The summed E-state index contributed by atoms with van der Waals surface area (Å²) >= 11 is 0. The lowest BCUT2D eigenvalue weighted by Crippen LogP contribution is -2.42. The topological polar surface area (TPSA) is 75.6 Å². The number of aliphatic carboxylic acids is 1. The van der Waals surface area contributed by atoms with E-state index in [4.69, 9.17) is 4.74 Å². The highest BCUT2D eigenvalue weighted by Gasteiger charge is 2.20. The van der Waals surface area contributed by atoms with E-state index in [0.29, 0.717) is 6.42 Å². The van der Waals surface area contributed by atoms with E-state index in [0.717, 1.165) is 16.9 Å². The number of hydrogen-bond donors (Lipinski definition) is 2. The first-order valence-electron chi connectivity index (χ1n) is 7.77. The number of methoxy groups -OCH3 is 1. The first-order valence-corrected chi connectivity index (χ1v) is 7.77. The number of carbonyl (C=O) groups is 2. The Morgan fingerprint density at radius 2 is 1.79 bits per heavy atom. The van der Waals surface area contributed by atoms with Crippen LogP contribution in [0.2, 0.25) is 0 Å². The van der Waals surface area contributed by atoms with Crippen LogP contribution in [0.1, 0.15) is 17.5 Å². The molecule has 0 aliphatic rings. The second-order valence-electron chi connectivity index (χ2n) is 5.50. The van der Waals surface area contributed by atoms with Crippen molar-refractivity contribution in [2.24, 2.45) is 0 Å². The van der Waals surface area contributed by atoms with E-state index in [-0.39, 0.29) is 18.7 Å². The molecule has 0 heterocycles. The Morgan fingerprint density at radius 1 is 1.08 bits per heavy atom. The molecule has 5 nitrogen and oxygen atoms in total. The molecule has 0 aliphatic heterocycles. The van der Waals surface area contributed by atoms with Crippen LogP contribution in [0.4, 0.5) is 0 Å². The van der Waals surface area contributed by atoms with Crippen LogP contribution < -0.4 is 10.1 Å². The largest absolute Gasteiger partial charge is 0.497 e. The van der Waals surface area contributed by atoms with Crippen molar-refractivity contribution in [3.8, 4) is 5.75 Å². The van der Waals surface area contributed by atoms with E-state index in [1.165, 1.54) is 0 Å². The maximum absolute atomic E-state index is 12.1. The Hall–Kier alpha value is -2.82. The summed E-state index contributed by atoms with van der Waals surface area (Å²) in [5, 5.41) is 11.9. The van der Waals surface area contributed by atoms with Gasteiger partial charge in [0.2, 0.25) is 5.91 Å². The molecule has 2 rings (SSSR count). The molecule has 1 atom stereocenters. The minimum Gasteiger partial charge on any atom is -0.497 e. The number of benzene rings is 2. The summed E-state index contributed by atoms with van der Waals surface area (Å²) in [6.07, 6.45) is 1.02. The second-order valence-corrected chi connectivity index (χ2v) is 5.50. The van der Waals surface area contributed by atoms with E-state index >= 15 is 0 Å². The summed E-state index contributed by atoms with van der Waals surface area (Å²) in [6, 6.07) is 15.8. The van der Waals surface area contributed by atoms with Gasteiger partial charge in [0.05, 0.1) is 7.11 Å². The highest BCUT2D eigenvalue weighted by atomic mass is 16.5. The van der Waals surface area contributed by atoms with Gasteiger partial charge in [-0.15, -0.1) is 0 Å². The van der Waals surface area contributed by atoms with E-state index in [2.05, 4.69) is 5.32 Å². The predicted molar refractivity (Wildman–Crippen MR) is 91.0 cm³/mol. The van der Waals surface area contributed by atoms with Gasteiger partial charge in [0.1, 0.15) is 11.8 Å². The van der Waals surface area contributed by atoms with Crippen LogP contribution >= 0.6 is 0 Å². The number of carboxylic acids is 1. The Kier molecular flexibility index (Phi) is 6.37. The van der Waals surface area contributed by atoms with Crippen molar-refractivity contribution in [2.75, 3.05) is 7.11 Å². The number of aryl methyl sites for hydroxylation is 1. The third-order valence-electron chi connectivity index (χ3n) is 3.69. The summed E-state index contributed by atoms with van der Waals surface area (Å²) in [5.41, 5.74) is 1.84. The fourth-order valence-corrected chi connectivity index (χ4v) is 2.40. The van der Waals surface area contributed by atoms with Gasteiger partial charge in [-0.2, -0.15) is 0 Å². The zero-order chi connectivity index (χ0) is 17.4. The molecule has 0 unspecified atom stereocenters. The van der Waals surface area contributed by atoms with E-state index < -0.39 is 12.0 Å². The van der Waals surface area contributed by atoms with Crippen molar-refractivity contribution in [2.45, 2.75) is 25.3 Å². The van der Waals surface area contributed by atoms with Crippen LogP contribution in [0.25, 0.3) is 0 Å². The normalized spacial score (nSPS) is 11.5. The molecule has 0 radical (unpaired) electrons. The molecular formula is C19H21NO4. The number of carbonyl (C=O) groups excluding carboxylic acids is 1. The van der Waals surface area contributed by atoms with Gasteiger partial charge in [-0.05, 0) is 29.7 Å². The fourth-order valence-electron chi connectivity index (χ4n) is 2.40. The van der Waals surface area contributed by atoms with Crippen LogP contribution in [-0.4, -0.2) is 30.1 Å². The van der Waals surface area contributed by atoms with Gasteiger partial charge in [0.25, 0.3) is 0 Å². The molecule has 2 aromatic carbocycles. The Balaban J connectivity index is 1.89. The average Bonchev–Trinajstić information content (AvgIpc) is 2.60. The lowest BCUT2D eigenvalue weighted by Gasteiger charge is -2.14. The molecule has 126 valence electrons. The fraction of sp³-hybridized carbons (Fsp3) is 0.263. The van der Waals surface area contributed by atoms with Crippen molar-refractivity contribution in [3.05, 3.63) is 65.7 Å². The molecule has 0 bridgehead atoms. The van der Waals surface area contributed by atoms with Crippen LogP contribution in [-0.2, 0) is 22.4 Å². The molecule has 0 spiro atoms. The third-order valence-corrected chi connectivity index (χ3v) is 3.69. The zero-order valence-electron chi connectivity index (χ0n) is 13.6. The van der Waals surface area contributed by atoms with Crippen LogP contribution in [0, 0.1) is 0 Å². The number of nitrogens with one attached hydrogen (secondary N) is 1. The maximum atomic E-state index is 12.1. The van der Waals surface area contributed by atoms with Crippen molar-refractivity contribution in [1.29, 1.82) is 0 Å². The molecule has 2 aromatic rings. The monoisotopic (exact) mass is 327 g/mol. The molecule has 5 heteroatoms. The number of carboxylic acid groups (broad SMARTS) is 1. The van der Waals surface area contributed by atoms with Crippen molar-refractivity contribution in [3.63, 3.8) is 0 Å². The summed E-state index contributed by atoms with van der Waals surface area (Å²) in [5.74, 6) is -0.574. The smallest absolute Gasteiger partial charge is 0.326 e. The lowest BCUT2D eigenvalue weighted by atomic mass is 10.1. The molecule has 0 aromatic heterocycles. The number of ether oxygens (including phenoxy) is 1. The van der Waals surface area contributed by atoms with Crippen LogP contribution in [0.15, 0.2) is 54.6 Å². The van der Waals surface area contributed by atoms with E-state index in [9.17, 15) is 14.7 Å². The van der Waals surface area contributed by atoms with E-state index in [1.807, 2.05) is 54.6 Å². The van der Waals surface area contributed by atoms with Crippen molar-refractivity contribution >= 4 is 11.9 Å². The average molecular weight is 327 g/mol. The van der Waals surface area contributed by atoms with E-state index in [1.54, 1.807) is 7.11 Å². The zero-order valence-corrected chi connectivity index (χ0v) is 13.6. The quantitative estimate of drug-likeness (QED) is 0.781. The standard InChI is InChI=1S/C19H21NO4/c1-24-16-9-5-8-15(12-16)10-11-18(21)20-17(19(22)23)13-14-6-3-2-4-7-14/h2-9,12,17H,10-11,13H2,1H3,(H,20,21)(H,22,23)/t17-/m1/s1. The van der Waals surface area contributed by atoms with Gasteiger partial charge >= 0.3 is 5.97 Å². The summed E-state index contributed by atoms with van der Waals surface area (Å²) in [7, 11) is 1.59. The summed E-state index contributed by atoms with van der Waals surface area (Å²) in [4.78, 5) is 23.4. The highest BCUT2D eigenvalue weighted by molar-refractivity contribution is 5.83. The van der Waals surface area contributed by atoms with Crippen LogP contribution in [0.5, 0.6) is 5.75 Å². The first kappa shape index (κ1) is 17.5. The number of amides is 1. The van der Waals surface area contributed by atoms with Gasteiger partial charge in [-0.1, -0.05) is 42.5 Å². The lowest BCUT2D eigenvalue weighted by molar-refractivity contribution is -0.141. The molecular weight excluding hydrogens is 306 g/mol. The predicted octanol–water partition coefficient (Wildman–Crippen LogP) is 2.44. The summed E-state index contributed by atoms with van der Waals surface area (Å²) in [6.45, 7) is 0. The second kappa shape index (κ2) is 8.72. The Morgan fingerprint density at radius 3 is 2.46 bits per heavy atom. The first-order chi connectivity index (χ1) is 11.6. The number of hydrogen-bond acceptors (Lipinski definition) is 3. The minimum atomic E-state index is -1.03. The Labute approximate surface area is 141 Å². The molecule has 1 amide bonds. The van der Waals surface area contributed by atoms with Gasteiger partial charge in [-0.25, -0.2) is 4.79 Å². The third kappa shape index (κ3) is 5.43. The molecule has 24 heavy (non-hydrogen) atoms. The molecule has 0 saturated carbocycles. The molecule has 0 fully saturated rings. The highest BCUT2D eigenvalue weighted by Crippen LogP contribution is 2.14. The molecule has 0 aliphatic carbocycles. The molecule has 0 saturated heterocycles. The van der Waals surface area contributed by atoms with Gasteiger partial charge < -0.3 is 15.2 Å². The van der Waals surface area contributed by atoms with Crippen LogP contribution in [0.3, 0.4) is 0 Å². The van der Waals surface area contributed by atoms with Crippen molar-refractivity contribution in [1.82, 2.24) is 5.32 Å². The van der Waals surface area contributed by atoms with Gasteiger partial charge in [0, 0.05) is 12.8 Å². The maximum Gasteiger partial charge on any atom is 0.326 e. The summed E-state index contributed by atoms with van der Waals surface area (Å²) < 4.78 is 5.15. The minimum absolute atomic E-state index is 0.228. The number of rotatable bonds is 8. The van der Waals surface area contributed by atoms with Gasteiger partial charge in [0.15, 0.2) is 0 Å². The molecule has 2 N–H and O–H groups in total. The van der Waals surface area contributed by atoms with Crippen molar-refractivity contribution < 1.29 is 19.4 Å². The SMILES string of the molecule is COc1cccc(CCC(=O)N[C@H](Cc2ccccc2)C(=O)O)c1. The Bertz CT molecular complexity index is 685.